The van der Waals surface area contributed by atoms with Crippen LogP contribution in [0.4, 0.5) is 0 Å². The van der Waals surface area contributed by atoms with Crippen molar-refractivity contribution in [1.82, 2.24) is 10.3 Å². The van der Waals surface area contributed by atoms with Crippen LogP contribution in [-0.2, 0) is 20.7 Å². The molecule has 1 N–H and O–H groups in total. The first-order chi connectivity index (χ1) is 12.0. The first-order valence-corrected chi connectivity index (χ1v) is 9.27. The minimum atomic E-state index is -0.225. The summed E-state index contributed by atoms with van der Waals surface area (Å²) in [6.45, 7) is 6.62. The SMILES string of the molecule is CCOC(=O)CCCNC(=O)Cc1sc(C)nc1-c1ccc(C)cc1. The number of benzene rings is 1. The Morgan fingerprint density at radius 2 is 1.92 bits per heavy atom. The molecule has 1 heterocycles. The highest BCUT2D eigenvalue weighted by molar-refractivity contribution is 7.12. The van der Waals surface area contributed by atoms with Gasteiger partial charge in [-0.15, -0.1) is 11.3 Å². The van der Waals surface area contributed by atoms with Crippen molar-refractivity contribution < 1.29 is 14.3 Å². The van der Waals surface area contributed by atoms with Crippen molar-refractivity contribution in [3.05, 3.63) is 39.7 Å². The van der Waals surface area contributed by atoms with Crippen LogP contribution < -0.4 is 5.32 Å². The molecule has 0 radical (unpaired) electrons. The number of rotatable bonds is 8. The summed E-state index contributed by atoms with van der Waals surface area (Å²) in [6, 6.07) is 8.15. The number of hydrogen-bond acceptors (Lipinski definition) is 5. The maximum absolute atomic E-state index is 12.2. The zero-order valence-corrected chi connectivity index (χ0v) is 15.7. The molecule has 2 rings (SSSR count). The van der Waals surface area contributed by atoms with Gasteiger partial charge in [0.05, 0.1) is 23.7 Å². The number of amides is 1. The number of ether oxygens (including phenoxy) is 1. The Morgan fingerprint density at radius 1 is 1.20 bits per heavy atom. The molecule has 0 saturated carbocycles. The molecule has 0 spiro atoms. The van der Waals surface area contributed by atoms with E-state index in [1.807, 2.05) is 38.1 Å². The fraction of sp³-hybridized carbons (Fsp3) is 0.421. The Bertz CT molecular complexity index is 723. The van der Waals surface area contributed by atoms with E-state index in [2.05, 4.69) is 10.3 Å². The monoisotopic (exact) mass is 360 g/mol. The van der Waals surface area contributed by atoms with Crippen LogP contribution in [0.2, 0.25) is 0 Å². The number of nitrogens with zero attached hydrogens (tertiary/aromatic N) is 1. The fourth-order valence-corrected chi connectivity index (χ4v) is 3.38. The third kappa shape index (κ3) is 5.98. The highest BCUT2D eigenvalue weighted by Crippen LogP contribution is 2.28. The first kappa shape index (κ1) is 19.1. The summed E-state index contributed by atoms with van der Waals surface area (Å²) in [5, 5.41) is 3.80. The Hall–Kier alpha value is -2.21. The number of hydrogen-bond donors (Lipinski definition) is 1. The van der Waals surface area contributed by atoms with Crippen molar-refractivity contribution in [3.8, 4) is 11.3 Å². The molecule has 0 unspecified atom stereocenters. The molecule has 6 heteroatoms. The molecule has 0 aliphatic heterocycles. The summed E-state index contributed by atoms with van der Waals surface area (Å²) < 4.78 is 4.86. The van der Waals surface area contributed by atoms with Gasteiger partial charge in [-0.3, -0.25) is 9.59 Å². The van der Waals surface area contributed by atoms with Crippen LogP contribution in [-0.4, -0.2) is 30.0 Å². The average Bonchev–Trinajstić information content (AvgIpc) is 2.93. The molecule has 0 aliphatic rings. The Morgan fingerprint density at radius 3 is 2.60 bits per heavy atom. The lowest BCUT2D eigenvalue weighted by Crippen LogP contribution is -2.26. The molecule has 25 heavy (non-hydrogen) atoms. The minimum absolute atomic E-state index is 0.0547. The predicted octanol–water partition coefficient (Wildman–Crippen LogP) is 3.43. The number of nitrogens with one attached hydrogen (secondary N) is 1. The predicted molar refractivity (Wildman–Crippen MR) is 99.6 cm³/mol. The smallest absolute Gasteiger partial charge is 0.305 e. The van der Waals surface area contributed by atoms with Crippen LogP contribution in [0.25, 0.3) is 11.3 Å². The van der Waals surface area contributed by atoms with Crippen molar-refractivity contribution in [2.75, 3.05) is 13.2 Å². The molecule has 0 saturated heterocycles. The second-order valence-corrected chi connectivity index (χ2v) is 7.09. The van der Waals surface area contributed by atoms with Gasteiger partial charge in [-0.2, -0.15) is 0 Å². The highest BCUT2D eigenvalue weighted by atomic mass is 32.1. The maximum atomic E-state index is 12.2. The van der Waals surface area contributed by atoms with E-state index in [1.54, 1.807) is 18.3 Å². The van der Waals surface area contributed by atoms with E-state index >= 15 is 0 Å². The topological polar surface area (TPSA) is 68.3 Å². The summed E-state index contributed by atoms with van der Waals surface area (Å²) in [5.41, 5.74) is 3.10. The molecule has 0 aliphatic carbocycles. The summed E-state index contributed by atoms with van der Waals surface area (Å²) in [4.78, 5) is 29.0. The summed E-state index contributed by atoms with van der Waals surface area (Å²) in [7, 11) is 0. The van der Waals surface area contributed by atoms with Crippen molar-refractivity contribution in [1.29, 1.82) is 0 Å². The average molecular weight is 360 g/mol. The van der Waals surface area contributed by atoms with Gasteiger partial charge in [0.1, 0.15) is 0 Å². The van der Waals surface area contributed by atoms with E-state index in [0.717, 1.165) is 21.1 Å². The Kier molecular flexibility index (Phi) is 7.13. The van der Waals surface area contributed by atoms with Gasteiger partial charge in [0.2, 0.25) is 5.91 Å². The van der Waals surface area contributed by atoms with Crippen LogP contribution in [0.15, 0.2) is 24.3 Å². The molecule has 1 aromatic heterocycles. The normalized spacial score (nSPS) is 10.5. The quantitative estimate of drug-likeness (QED) is 0.578. The van der Waals surface area contributed by atoms with Crippen LogP contribution in [0.3, 0.4) is 0 Å². The largest absolute Gasteiger partial charge is 0.466 e. The molecule has 5 nitrogen and oxygen atoms in total. The maximum Gasteiger partial charge on any atom is 0.305 e. The van der Waals surface area contributed by atoms with Crippen LogP contribution in [0.5, 0.6) is 0 Å². The lowest BCUT2D eigenvalue weighted by molar-refractivity contribution is -0.143. The zero-order valence-electron chi connectivity index (χ0n) is 14.9. The third-order valence-corrected chi connectivity index (χ3v) is 4.61. The lowest BCUT2D eigenvalue weighted by atomic mass is 10.1. The molecule has 134 valence electrons. The van der Waals surface area contributed by atoms with Gasteiger partial charge in [-0.1, -0.05) is 29.8 Å². The van der Waals surface area contributed by atoms with Crippen molar-refractivity contribution >= 4 is 23.2 Å². The summed E-state index contributed by atoms with van der Waals surface area (Å²) in [5.74, 6) is -0.280. The van der Waals surface area contributed by atoms with Gasteiger partial charge in [0, 0.05) is 23.4 Å². The van der Waals surface area contributed by atoms with Gasteiger partial charge >= 0.3 is 5.97 Å². The number of carbonyl (C=O) groups is 2. The number of aryl methyl sites for hydroxylation is 2. The number of esters is 1. The standard InChI is InChI=1S/C19H24N2O3S/c1-4-24-18(23)6-5-11-20-17(22)12-16-19(21-14(3)25-16)15-9-7-13(2)8-10-15/h7-10H,4-6,11-12H2,1-3H3,(H,20,22). The Balaban J connectivity index is 1.91. The summed E-state index contributed by atoms with van der Waals surface area (Å²) >= 11 is 1.55. The number of thiazole rings is 1. The minimum Gasteiger partial charge on any atom is -0.466 e. The molecule has 2 aromatic rings. The second kappa shape index (κ2) is 9.32. The van der Waals surface area contributed by atoms with E-state index < -0.39 is 0 Å². The summed E-state index contributed by atoms with van der Waals surface area (Å²) in [6.07, 6.45) is 1.20. The van der Waals surface area contributed by atoms with Gasteiger partial charge in [-0.05, 0) is 27.2 Å². The highest BCUT2D eigenvalue weighted by Gasteiger charge is 2.14. The molecule has 1 aromatic carbocycles. The van der Waals surface area contributed by atoms with Crippen LogP contribution in [0.1, 0.15) is 35.2 Å². The first-order valence-electron chi connectivity index (χ1n) is 8.45. The lowest BCUT2D eigenvalue weighted by Gasteiger charge is -2.06. The molecule has 1 amide bonds. The molecular weight excluding hydrogens is 336 g/mol. The van der Waals surface area contributed by atoms with Gasteiger partial charge < -0.3 is 10.1 Å². The van der Waals surface area contributed by atoms with Crippen molar-refractivity contribution in [3.63, 3.8) is 0 Å². The third-order valence-electron chi connectivity index (χ3n) is 3.64. The van der Waals surface area contributed by atoms with E-state index in [0.29, 0.717) is 32.4 Å². The van der Waals surface area contributed by atoms with Gasteiger partial charge in [0.15, 0.2) is 0 Å². The van der Waals surface area contributed by atoms with Crippen molar-refractivity contribution in [2.45, 2.75) is 40.0 Å². The number of aromatic nitrogens is 1. The molecule has 0 atom stereocenters. The zero-order chi connectivity index (χ0) is 18.2. The fourth-order valence-electron chi connectivity index (χ4n) is 2.43. The van der Waals surface area contributed by atoms with E-state index in [1.165, 1.54) is 5.56 Å². The molecule has 0 fully saturated rings. The van der Waals surface area contributed by atoms with E-state index in [9.17, 15) is 9.59 Å². The number of carbonyl (C=O) groups excluding carboxylic acids is 2. The van der Waals surface area contributed by atoms with E-state index in [-0.39, 0.29) is 11.9 Å². The van der Waals surface area contributed by atoms with Crippen LogP contribution in [0, 0.1) is 13.8 Å². The van der Waals surface area contributed by atoms with E-state index in [4.69, 9.17) is 4.74 Å². The molecular formula is C19H24N2O3S. The Labute approximate surface area is 152 Å². The van der Waals surface area contributed by atoms with Crippen LogP contribution >= 0.6 is 11.3 Å². The van der Waals surface area contributed by atoms with Gasteiger partial charge in [-0.25, -0.2) is 4.98 Å². The van der Waals surface area contributed by atoms with Gasteiger partial charge in [0.25, 0.3) is 0 Å². The molecule has 0 bridgehead atoms. The van der Waals surface area contributed by atoms with Crippen molar-refractivity contribution in [2.24, 2.45) is 0 Å². The second-order valence-electron chi connectivity index (χ2n) is 5.81.